The molecule has 1 aliphatic heterocycles. The van der Waals surface area contributed by atoms with Crippen molar-refractivity contribution in [1.29, 1.82) is 0 Å². The van der Waals surface area contributed by atoms with Crippen LogP contribution in [0.2, 0.25) is 0 Å². The van der Waals surface area contributed by atoms with E-state index in [0.717, 1.165) is 11.1 Å². The minimum absolute atomic E-state index is 0.351. The predicted molar refractivity (Wildman–Crippen MR) is 128 cm³/mol. The van der Waals surface area contributed by atoms with Gasteiger partial charge >= 0.3 is 0 Å². The molecule has 2 amide bonds. The van der Waals surface area contributed by atoms with E-state index >= 15 is 0 Å². The first-order valence-corrected chi connectivity index (χ1v) is 11.1. The lowest BCUT2D eigenvalue weighted by Gasteiger charge is -2.26. The number of carbonyl (C=O) groups excluding carboxylic acids is 2. The molecule has 0 bridgehead atoms. The Hall–Kier alpha value is -3.16. The smallest absolute Gasteiger partial charge is 0.282 e. The third kappa shape index (κ3) is 5.10. The molecule has 1 aliphatic rings. The van der Waals surface area contributed by atoms with Crippen LogP contribution in [0.15, 0.2) is 48.2 Å². The van der Waals surface area contributed by atoms with Crippen LogP contribution >= 0.6 is 0 Å². The average molecular weight is 453 g/mol. The van der Waals surface area contributed by atoms with Crippen LogP contribution in [0.1, 0.15) is 23.6 Å². The van der Waals surface area contributed by atoms with Gasteiger partial charge in [-0.15, -0.1) is 0 Å². The molecule has 7 heteroatoms. The summed E-state index contributed by atoms with van der Waals surface area (Å²) in [6.07, 6.45) is 0. The monoisotopic (exact) mass is 452 g/mol. The van der Waals surface area contributed by atoms with Crippen LogP contribution in [0.3, 0.4) is 0 Å². The summed E-state index contributed by atoms with van der Waals surface area (Å²) in [5.41, 5.74) is 4.04. The summed E-state index contributed by atoms with van der Waals surface area (Å²) in [7, 11) is 3.22. The molecule has 2 aromatic rings. The topological polar surface area (TPSA) is 68.3 Å². The zero-order valence-corrected chi connectivity index (χ0v) is 20.0. The highest BCUT2D eigenvalue weighted by Crippen LogP contribution is 2.38. The Kier molecular flexibility index (Phi) is 8.25. The first kappa shape index (κ1) is 24.5. The predicted octanol–water partition coefficient (Wildman–Crippen LogP) is 3.58. The summed E-state index contributed by atoms with van der Waals surface area (Å²) in [5, 5.41) is 0. The van der Waals surface area contributed by atoms with Gasteiger partial charge in [0, 0.05) is 27.3 Å². The van der Waals surface area contributed by atoms with Crippen molar-refractivity contribution in [3.8, 4) is 5.75 Å². The molecule has 0 saturated heterocycles. The molecule has 0 spiro atoms. The Morgan fingerprint density at radius 2 is 1.55 bits per heavy atom. The molecule has 0 saturated carbocycles. The highest BCUT2D eigenvalue weighted by atomic mass is 16.5. The molecule has 0 fully saturated rings. The maximum absolute atomic E-state index is 13.8. The number of hydrogen-bond acceptors (Lipinski definition) is 6. The number of para-hydroxylation sites is 2. The average Bonchev–Trinajstić information content (AvgIpc) is 3.06. The van der Waals surface area contributed by atoms with Gasteiger partial charge in [0.2, 0.25) is 0 Å². The molecule has 0 aromatic heterocycles. The molecule has 3 rings (SSSR count). The van der Waals surface area contributed by atoms with Crippen LogP contribution in [0, 0.1) is 13.8 Å². The van der Waals surface area contributed by atoms with E-state index in [1.807, 2.05) is 49.9 Å². The number of aryl methyl sites for hydroxylation is 2. The Labute approximate surface area is 195 Å². The van der Waals surface area contributed by atoms with Crippen molar-refractivity contribution < 1.29 is 23.8 Å². The van der Waals surface area contributed by atoms with Crippen LogP contribution in [0.5, 0.6) is 5.75 Å². The number of imide groups is 1. The Morgan fingerprint density at radius 1 is 0.879 bits per heavy atom. The largest absolute Gasteiger partial charge is 0.492 e. The second-order valence-corrected chi connectivity index (χ2v) is 7.84. The molecule has 0 atom stereocenters. The van der Waals surface area contributed by atoms with Gasteiger partial charge in [-0.1, -0.05) is 30.3 Å². The number of hydrogen-bond donors (Lipinski definition) is 0. The zero-order valence-electron chi connectivity index (χ0n) is 20.0. The van der Waals surface area contributed by atoms with Gasteiger partial charge < -0.3 is 19.1 Å². The number of ether oxygens (including phenoxy) is 3. The van der Waals surface area contributed by atoms with E-state index in [2.05, 4.69) is 0 Å². The SMILES string of the molecule is CCOc1ccccc1N1C(=O)C(c2ccc(C)c(C)c2)=C(N(CCOC)CCOC)C1=O. The molecule has 0 unspecified atom stereocenters. The maximum Gasteiger partial charge on any atom is 0.282 e. The molecule has 0 aliphatic carbocycles. The summed E-state index contributed by atoms with van der Waals surface area (Å²) in [6, 6.07) is 12.9. The van der Waals surface area contributed by atoms with Crippen molar-refractivity contribution in [2.75, 3.05) is 52.0 Å². The first-order chi connectivity index (χ1) is 15.9. The second kappa shape index (κ2) is 11.1. The molecule has 7 nitrogen and oxygen atoms in total. The van der Waals surface area contributed by atoms with E-state index in [9.17, 15) is 9.59 Å². The fraction of sp³-hybridized carbons (Fsp3) is 0.385. The van der Waals surface area contributed by atoms with Gasteiger partial charge in [0.25, 0.3) is 11.8 Å². The number of carbonyl (C=O) groups is 2. The van der Waals surface area contributed by atoms with Crippen molar-refractivity contribution in [2.45, 2.75) is 20.8 Å². The van der Waals surface area contributed by atoms with E-state index in [1.165, 1.54) is 4.90 Å². The normalized spacial score (nSPS) is 13.8. The molecule has 0 N–H and O–H groups in total. The number of nitrogens with zero attached hydrogens (tertiary/aromatic N) is 2. The fourth-order valence-corrected chi connectivity index (χ4v) is 3.85. The quantitative estimate of drug-likeness (QED) is 0.486. The molecule has 1 heterocycles. The van der Waals surface area contributed by atoms with Gasteiger partial charge in [0.15, 0.2) is 0 Å². The Morgan fingerprint density at radius 3 is 2.15 bits per heavy atom. The minimum atomic E-state index is -0.382. The summed E-state index contributed by atoms with van der Waals surface area (Å²) < 4.78 is 16.3. The van der Waals surface area contributed by atoms with Gasteiger partial charge in [-0.25, -0.2) is 4.90 Å². The summed E-state index contributed by atoms with van der Waals surface area (Å²) in [4.78, 5) is 30.8. The van der Waals surface area contributed by atoms with E-state index in [4.69, 9.17) is 14.2 Å². The third-order valence-electron chi connectivity index (χ3n) is 5.71. The Bertz CT molecular complexity index is 1040. The standard InChI is InChI=1S/C26H32N2O5/c1-6-33-22-10-8-7-9-21(22)28-25(29)23(20-12-11-18(2)19(3)17-20)24(26(28)30)27(13-15-31-4)14-16-32-5/h7-12,17H,6,13-16H2,1-5H3. The van der Waals surface area contributed by atoms with Crippen molar-refractivity contribution in [1.82, 2.24) is 4.90 Å². The van der Waals surface area contributed by atoms with Gasteiger partial charge in [-0.3, -0.25) is 9.59 Å². The van der Waals surface area contributed by atoms with E-state index in [1.54, 1.807) is 32.4 Å². The van der Waals surface area contributed by atoms with E-state index < -0.39 is 0 Å². The van der Waals surface area contributed by atoms with Crippen LogP contribution < -0.4 is 9.64 Å². The highest BCUT2D eigenvalue weighted by molar-refractivity contribution is 6.45. The van der Waals surface area contributed by atoms with Crippen molar-refractivity contribution in [3.63, 3.8) is 0 Å². The van der Waals surface area contributed by atoms with E-state index in [0.29, 0.717) is 61.2 Å². The van der Waals surface area contributed by atoms with Crippen molar-refractivity contribution >= 4 is 23.1 Å². The molecule has 176 valence electrons. The molecular formula is C26H32N2O5. The third-order valence-corrected chi connectivity index (χ3v) is 5.71. The summed E-state index contributed by atoms with van der Waals surface area (Å²) in [5.74, 6) is -0.263. The summed E-state index contributed by atoms with van der Waals surface area (Å²) >= 11 is 0. The van der Waals surface area contributed by atoms with Crippen molar-refractivity contribution in [2.24, 2.45) is 0 Å². The first-order valence-electron chi connectivity index (χ1n) is 11.1. The second-order valence-electron chi connectivity index (χ2n) is 7.84. The minimum Gasteiger partial charge on any atom is -0.492 e. The lowest BCUT2D eigenvalue weighted by atomic mass is 9.99. The highest BCUT2D eigenvalue weighted by Gasteiger charge is 2.43. The number of rotatable bonds is 11. The molecule has 0 radical (unpaired) electrons. The maximum atomic E-state index is 13.8. The van der Waals surface area contributed by atoms with Gasteiger partial charge in [0.05, 0.1) is 31.1 Å². The van der Waals surface area contributed by atoms with E-state index in [-0.39, 0.29) is 11.8 Å². The van der Waals surface area contributed by atoms with Crippen LogP contribution in [0.4, 0.5) is 5.69 Å². The molecule has 2 aromatic carbocycles. The van der Waals surface area contributed by atoms with Crippen LogP contribution in [0.25, 0.3) is 5.57 Å². The van der Waals surface area contributed by atoms with Crippen LogP contribution in [-0.4, -0.2) is 63.8 Å². The molecule has 33 heavy (non-hydrogen) atoms. The van der Waals surface area contributed by atoms with Gasteiger partial charge in [-0.05, 0) is 49.6 Å². The fourth-order valence-electron chi connectivity index (χ4n) is 3.85. The lowest BCUT2D eigenvalue weighted by molar-refractivity contribution is -0.120. The van der Waals surface area contributed by atoms with Gasteiger partial charge in [-0.2, -0.15) is 0 Å². The van der Waals surface area contributed by atoms with Gasteiger partial charge in [0.1, 0.15) is 11.4 Å². The number of anilines is 1. The Balaban J connectivity index is 2.17. The lowest BCUT2D eigenvalue weighted by Crippen LogP contribution is -2.37. The number of amides is 2. The number of benzene rings is 2. The van der Waals surface area contributed by atoms with Crippen LogP contribution in [-0.2, 0) is 19.1 Å². The summed E-state index contributed by atoms with van der Waals surface area (Å²) in [6.45, 7) is 8.01. The molecular weight excluding hydrogens is 420 g/mol. The number of methoxy groups -OCH3 is 2. The zero-order chi connectivity index (χ0) is 24.0. The van der Waals surface area contributed by atoms with Crippen molar-refractivity contribution in [3.05, 3.63) is 64.9 Å².